The van der Waals surface area contributed by atoms with Gasteiger partial charge in [0.15, 0.2) is 5.65 Å². The van der Waals surface area contributed by atoms with E-state index in [1.54, 1.807) is 39.4 Å². The Bertz CT molecular complexity index is 1460. The molecule has 0 saturated heterocycles. The first-order valence-corrected chi connectivity index (χ1v) is 12.3. The Morgan fingerprint density at radius 3 is 2.73 bits per heavy atom. The average Bonchev–Trinajstić information content (AvgIpc) is 3.40. The summed E-state index contributed by atoms with van der Waals surface area (Å²) < 4.78 is 33.4. The van der Waals surface area contributed by atoms with Gasteiger partial charge in [0.25, 0.3) is 6.43 Å². The zero-order chi connectivity index (χ0) is 26.3. The predicted octanol–water partition coefficient (Wildman–Crippen LogP) is 4.20. The topological polar surface area (TPSA) is 123 Å². The SMILES string of the molecule is COc1nc(N[C@H]2CC[C@](C)(NC(C)=O)CC2)nc2[nH]cc(-c3cnc4nc(C)n(CC(F)F)c4c3)c12. The molecule has 0 atom stereocenters. The van der Waals surface area contributed by atoms with E-state index < -0.39 is 13.0 Å². The van der Waals surface area contributed by atoms with E-state index in [2.05, 4.69) is 42.5 Å². The van der Waals surface area contributed by atoms with Crippen molar-refractivity contribution in [2.75, 3.05) is 12.4 Å². The molecule has 0 bridgehead atoms. The van der Waals surface area contributed by atoms with Crippen LogP contribution in [0.4, 0.5) is 14.7 Å². The van der Waals surface area contributed by atoms with Gasteiger partial charge in [-0.15, -0.1) is 0 Å². The zero-order valence-corrected chi connectivity index (χ0v) is 21.2. The van der Waals surface area contributed by atoms with Crippen molar-refractivity contribution in [2.24, 2.45) is 0 Å². The van der Waals surface area contributed by atoms with E-state index in [0.29, 0.717) is 45.4 Å². The van der Waals surface area contributed by atoms with E-state index in [4.69, 9.17) is 4.74 Å². The fourth-order valence-electron chi connectivity index (χ4n) is 5.21. The third-order valence-corrected chi connectivity index (χ3v) is 7.02. The number of alkyl halides is 2. The molecule has 0 aliphatic heterocycles. The first-order valence-electron chi connectivity index (χ1n) is 12.3. The van der Waals surface area contributed by atoms with Gasteiger partial charge < -0.3 is 24.9 Å². The molecule has 3 N–H and O–H groups in total. The van der Waals surface area contributed by atoms with Gasteiger partial charge in [0.05, 0.1) is 24.6 Å². The van der Waals surface area contributed by atoms with Crippen LogP contribution in [0.2, 0.25) is 0 Å². The fourth-order valence-corrected chi connectivity index (χ4v) is 5.21. The molecular weight excluding hydrogens is 482 g/mol. The summed E-state index contributed by atoms with van der Waals surface area (Å²) in [5, 5.41) is 7.14. The number of halogens is 2. The summed E-state index contributed by atoms with van der Waals surface area (Å²) in [5.74, 6) is 1.30. The molecule has 1 aliphatic carbocycles. The molecule has 1 fully saturated rings. The van der Waals surface area contributed by atoms with Crippen molar-refractivity contribution in [3.05, 3.63) is 24.3 Å². The highest BCUT2D eigenvalue weighted by Gasteiger charge is 2.32. The largest absolute Gasteiger partial charge is 0.480 e. The number of aromatic nitrogens is 6. The van der Waals surface area contributed by atoms with Gasteiger partial charge in [0.2, 0.25) is 17.7 Å². The van der Waals surface area contributed by atoms with Crippen molar-refractivity contribution in [3.8, 4) is 17.0 Å². The second-order valence-corrected chi connectivity index (χ2v) is 9.87. The number of ether oxygens (including phenoxy) is 1. The Morgan fingerprint density at radius 1 is 1.30 bits per heavy atom. The summed E-state index contributed by atoms with van der Waals surface area (Å²) >= 11 is 0. The average molecular weight is 513 g/mol. The molecule has 5 rings (SSSR count). The molecule has 0 radical (unpaired) electrons. The van der Waals surface area contributed by atoms with Crippen molar-refractivity contribution in [2.45, 2.75) is 71.0 Å². The lowest BCUT2D eigenvalue weighted by molar-refractivity contribution is -0.121. The number of anilines is 1. The molecule has 4 aromatic rings. The van der Waals surface area contributed by atoms with Crippen LogP contribution in [-0.4, -0.2) is 60.5 Å². The molecule has 12 heteroatoms. The molecule has 10 nitrogen and oxygen atoms in total. The lowest BCUT2D eigenvalue weighted by Crippen LogP contribution is -2.49. The monoisotopic (exact) mass is 512 g/mol. The molecule has 196 valence electrons. The maximum Gasteiger partial charge on any atom is 0.256 e. The van der Waals surface area contributed by atoms with Crippen molar-refractivity contribution >= 4 is 34.1 Å². The highest BCUT2D eigenvalue weighted by Crippen LogP contribution is 2.36. The van der Waals surface area contributed by atoms with E-state index in [-0.39, 0.29) is 17.5 Å². The number of imidazole rings is 1. The van der Waals surface area contributed by atoms with Crippen molar-refractivity contribution in [3.63, 3.8) is 0 Å². The number of hydrogen-bond acceptors (Lipinski definition) is 7. The number of rotatable bonds is 7. The highest BCUT2D eigenvalue weighted by atomic mass is 19.3. The number of carbonyl (C=O) groups is 1. The van der Waals surface area contributed by atoms with Crippen LogP contribution >= 0.6 is 0 Å². The maximum atomic E-state index is 13.2. The van der Waals surface area contributed by atoms with Gasteiger partial charge in [-0.3, -0.25) is 4.79 Å². The van der Waals surface area contributed by atoms with Gasteiger partial charge in [0, 0.05) is 42.0 Å². The van der Waals surface area contributed by atoms with Gasteiger partial charge in [-0.2, -0.15) is 9.97 Å². The summed E-state index contributed by atoms with van der Waals surface area (Å²) in [6.45, 7) is 4.86. The van der Waals surface area contributed by atoms with Crippen LogP contribution in [-0.2, 0) is 11.3 Å². The third kappa shape index (κ3) is 4.92. The number of H-pyrrole nitrogens is 1. The van der Waals surface area contributed by atoms with Crippen LogP contribution in [0.1, 0.15) is 45.4 Å². The summed E-state index contributed by atoms with van der Waals surface area (Å²) in [6.07, 6.45) is 4.39. The molecule has 1 saturated carbocycles. The van der Waals surface area contributed by atoms with Crippen LogP contribution in [0, 0.1) is 6.92 Å². The molecular formula is C25H30F2N8O2. The first-order chi connectivity index (χ1) is 17.7. The number of nitrogens with zero attached hydrogens (tertiary/aromatic N) is 5. The number of hydrogen-bond donors (Lipinski definition) is 3. The van der Waals surface area contributed by atoms with Crippen LogP contribution < -0.4 is 15.4 Å². The van der Waals surface area contributed by atoms with Gasteiger partial charge >= 0.3 is 0 Å². The fraction of sp³-hybridized carbons (Fsp3) is 0.480. The standard InChI is InChI=1S/C25H30F2N8O2/c1-13-30-21-18(35(13)12-19(26)27)9-15(10-28-21)17-11-29-22-20(17)23(37-4)33-24(32-22)31-16-5-7-25(3,8-6-16)34-14(2)36/h9-11,16,19H,5-8,12H2,1-4H3,(H,34,36)(H2,29,31,32,33)/t16-,25-. The molecule has 1 amide bonds. The normalized spacial score (nSPS) is 20.0. The predicted molar refractivity (Wildman–Crippen MR) is 136 cm³/mol. The number of aromatic amines is 1. The number of aryl methyl sites for hydroxylation is 1. The van der Waals surface area contributed by atoms with Crippen molar-refractivity contribution in [1.29, 1.82) is 0 Å². The minimum Gasteiger partial charge on any atom is -0.480 e. The maximum absolute atomic E-state index is 13.2. The Balaban J connectivity index is 1.43. The number of amides is 1. The Hall–Kier alpha value is -3.83. The first kappa shape index (κ1) is 24.8. The Kier molecular flexibility index (Phi) is 6.42. The minimum atomic E-state index is -2.50. The minimum absolute atomic E-state index is 0.0158. The van der Waals surface area contributed by atoms with Gasteiger partial charge in [-0.05, 0) is 45.6 Å². The summed E-state index contributed by atoms with van der Waals surface area (Å²) in [7, 11) is 1.55. The lowest BCUT2D eigenvalue weighted by Gasteiger charge is -2.38. The number of carbonyl (C=O) groups excluding carboxylic acids is 1. The van der Waals surface area contributed by atoms with Crippen LogP contribution in [0.25, 0.3) is 33.3 Å². The Morgan fingerprint density at radius 2 is 2.05 bits per heavy atom. The second kappa shape index (κ2) is 9.56. The van der Waals surface area contributed by atoms with Gasteiger partial charge in [-0.25, -0.2) is 18.7 Å². The van der Waals surface area contributed by atoms with E-state index in [1.807, 2.05) is 0 Å². The zero-order valence-electron chi connectivity index (χ0n) is 21.2. The van der Waals surface area contributed by atoms with Gasteiger partial charge in [-0.1, -0.05) is 0 Å². The molecule has 1 aliphatic rings. The summed E-state index contributed by atoms with van der Waals surface area (Å²) in [6, 6.07) is 1.97. The Labute approximate surface area is 212 Å². The quantitative estimate of drug-likeness (QED) is 0.339. The smallest absolute Gasteiger partial charge is 0.256 e. The number of nitrogens with one attached hydrogen (secondary N) is 3. The van der Waals surface area contributed by atoms with E-state index in [1.165, 1.54) is 4.57 Å². The van der Waals surface area contributed by atoms with E-state index >= 15 is 0 Å². The van der Waals surface area contributed by atoms with Gasteiger partial charge in [0.1, 0.15) is 11.5 Å². The summed E-state index contributed by atoms with van der Waals surface area (Å²) in [4.78, 5) is 32.7. The molecule has 0 aromatic carbocycles. The van der Waals surface area contributed by atoms with Crippen molar-refractivity contribution in [1.82, 2.24) is 34.8 Å². The number of pyridine rings is 1. The summed E-state index contributed by atoms with van der Waals surface area (Å²) in [5.41, 5.74) is 2.80. The van der Waals surface area contributed by atoms with Crippen LogP contribution in [0.3, 0.4) is 0 Å². The number of fused-ring (bicyclic) bond motifs is 2. The second-order valence-electron chi connectivity index (χ2n) is 9.87. The highest BCUT2D eigenvalue weighted by molar-refractivity contribution is 5.98. The number of methoxy groups -OCH3 is 1. The lowest BCUT2D eigenvalue weighted by atomic mass is 9.81. The van der Waals surface area contributed by atoms with E-state index in [0.717, 1.165) is 31.2 Å². The van der Waals surface area contributed by atoms with Crippen LogP contribution in [0.15, 0.2) is 18.5 Å². The molecule has 0 unspecified atom stereocenters. The molecule has 4 aromatic heterocycles. The van der Waals surface area contributed by atoms with E-state index in [9.17, 15) is 13.6 Å². The third-order valence-electron chi connectivity index (χ3n) is 7.02. The molecule has 0 spiro atoms. The van der Waals surface area contributed by atoms with Crippen LogP contribution in [0.5, 0.6) is 5.88 Å². The molecule has 37 heavy (non-hydrogen) atoms. The molecule has 4 heterocycles. The van der Waals surface area contributed by atoms with Crippen molar-refractivity contribution < 1.29 is 18.3 Å².